The Morgan fingerprint density at radius 3 is 2.70 bits per heavy atom. The molecule has 0 spiro atoms. The number of halogens is 2. The fraction of sp³-hybridized carbons (Fsp3) is 0.238. The number of fused-ring (bicyclic) bond motifs is 1. The quantitative estimate of drug-likeness (QED) is 0.291. The van der Waals surface area contributed by atoms with E-state index in [0.717, 1.165) is 28.3 Å². The summed E-state index contributed by atoms with van der Waals surface area (Å²) in [4.78, 5) is 8.67. The summed E-state index contributed by atoms with van der Waals surface area (Å²) in [5.74, 6) is 2.40. The minimum Gasteiger partial charge on any atom is -0.454 e. The minimum absolute atomic E-state index is 0. The molecule has 0 bridgehead atoms. The highest BCUT2D eigenvalue weighted by Crippen LogP contribution is 2.32. The zero-order valence-corrected chi connectivity index (χ0v) is 18.7. The Balaban J connectivity index is 0.00000256. The fourth-order valence-electron chi connectivity index (χ4n) is 2.91. The van der Waals surface area contributed by atoms with E-state index in [9.17, 15) is 4.39 Å². The number of aliphatic imine (C=N–C) groups is 1. The van der Waals surface area contributed by atoms with Gasteiger partial charge in [-0.2, -0.15) is 0 Å². The Morgan fingerprint density at radius 1 is 1.10 bits per heavy atom. The first-order valence-corrected chi connectivity index (χ1v) is 9.24. The molecule has 0 unspecified atom stereocenters. The van der Waals surface area contributed by atoms with E-state index in [1.165, 1.54) is 12.1 Å². The van der Waals surface area contributed by atoms with Crippen LogP contribution in [-0.4, -0.2) is 31.3 Å². The molecule has 9 heteroatoms. The van der Waals surface area contributed by atoms with Crippen LogP contribution in [0.1, 0.15) is 11.3 Å². The summed E-state index contributed by atoms with van der Waals surface area (Å²) in [6.07, 6.45) is 2.28. The van der Waals surface area contributed by atoms with Gasteiger partial charge in [0.15, 0.2) is 17.5 Å². The highest BCUT2D eigenvalue weighted by molar-refractivity contribution is 14.0. The maximum Gasteiger partial charge on any atom is 0.231 e. The van der Waals surface area contributed by atoms with Crippen LogP contribution >= 0.6 is 24.0 Å². The van der Waals surface area contributed by atoms with Gasteiger partial charge in [-0.3, -0.25) is 4.99 Å². The monoisotopic (exact) mass is 524 g/mol. The SMILES string of the molecule is CN=C(NCCc1coc(-c2ccc(F)cc2)n1)NCc1ccc2c(c1)OCO2.I. The lowest BCUT2D eigenvalue weighted by Gasteiger charge is -2.11. The molecule has 158 valence electrons. The number of aromatic nitrogens is 1. The number of hydrogen-bond acceptors (Lipinski definition) is 5. The van der Waals surface area contributed by atoms with Crippen molar-refractivity contribution in [2.24, 2.45) is 4.99 Å². The van der Waals surface area contributed by atoms with E-state index < -0.39 is 0 Å². The third kappa shape index (κ3) is 5.41. The van der Waals surface area contributed by atoms with Crippen molar-refractivity contribution in [1.29, 1.82) is 0 Å². The van der Waals surface area contributed by atoms with Gasteiger partial charge in [-0.25, -0.2) is 9.37 Å². The summed E-state index contributed by atoms with van der Waals surface area (Å²) in [7, 11) is 1.72. The van der Waals surface area contributed by atoms with E-state index in [4.69, 9.17) is 13.9 Å². The molecular weight excluding hydrogens is 502 g/mol. The molecule has 0 saturated carbocycles. The summed E-state index contributed by atoms with van der Waals surface area (Å²) >= 11 is 0. The average Bonchev–Trinajstić information content (AvgIpc) is 3.40. The minimum atomic E-state index is -0.288. The number of hydrogen-bond donors (Lipinski definition) is 2. The van der Waals surface area contributed by atoms with Crippen molar-refractivity contribution in [2.45, 2.75) is 13.0 Å². The first kappa shape index (κ1) is 21.9. The van der Waals surface area contributed by atoms with E-state index in [0.29, 0.717) is 31.4 Å². The lowest BCUT2D eigenvalue weighted by Crippen LogP contribution is -2.37. The summed E-state index contributed by atoms with van der Waals surface area (Å²) in [5.41, 5.74) is 2.62. The summed E-state index contributed by atoms with van der Waals surface area (Å²) in [6.45, 7) is 1.51. The molecule has 1 aliphatic rings. The van der Waals surface area contributed by atoms with Gasteiger partial charge in [-0.1, -0.05) is 6.07 Å². The number of guanidine groups is 1. The van der Waals surface area contributed by atoms with Crippen LogP contribution in [0.5, 0.6) is 11.5 Å². The number of nitrogens with zero attached hydrogens (tertiary/aromatic N) is 2. The van der Waals surface area contributed by atoms with Crippen LogP contribution in [0.15, 0.2) is 58.1 Å². The van der Waals surface area contributed by atoms with Crippen molar-refractivity contribution in [3.8, 4) is 23.0 Å². The van der Waals surface area contributed by atoms with Gasteiger partial charge in [-0.15, -0.1) is 24.0 Å². The van der Waals surface area contributed by atoms with E-state index in [1.54, 1.807) is 25.4 Å². The number of nitrogens with one attached hydrogen (secondary N) is 2. The second kappa shape index (κ2) is 10.3. The van der Waals surface area contributed by atoms with Crippen molar-refractivity contribution < 1.29 is 18.3 Å². The van der Waals surface area contributed by atoms with Crippen molar-refractivity contribution in [3.63, 3.8) is 0 Å². The van der Waals surface area contributed by atoms with E-state index in [2.05, 4.69) is 20.6 Å². The van der Waals surface area contributed by atoms with Crippen LogP contribution in [0, 0.1) is 5.82 Å². The van der Waals surface area contributed by atoms with Crippen molar-refractivity contribution in [2.75, 3.05) is 20.4 Å². The van der Waals surface area contributed by atoms with Gasteiger partial charge in [0, 0.05) is 32.1 Å². The molecule has 7 nitrogen and oxygen atoms in total. The van der Waals surface area contributed by atoms with Gasteiger partial charge in [0.05, 0.1) is 5.69 Å². The van der Waals surface area contributed by atoms with Crippen LogP contribution in [-0.2, 0) is 13.0 Å². The molecule has 3 aromatic rings. The predicted molar refractivity (Wildman–Crippen MR) is 122 cm³/mol. The molecule has 0 fully saturated rings. The van der Waals surface area contributed by atoms with E-state index in [1.807, 2.05) is 18.2 Å². The summed E-state index contributed by atoms with van der Waals surface area (Å²) in [5, 5.41) is 6.51. The summed E-state index contributed by atoms with van der Waals surface area (Å²) in [6, 6.07) is 11.9. The molecule has 1 aromatic heterocycles. The first-order chi connectivity index (χ1) is 14.2. The molecule has 2 aromatic carbocycles. The Hall–Kier alpha value is -2.82. The molecule has 2 heterocycles. The lowest BCUT2D eigenvalue weighted by atomic mass is 10.2. The Labute approximate surface area is 190 Å². The largest absolute Gasteiger partial charge is 0.454 e. The molecule has 30 heavy (non-hydrogen) atoms. The maximum absolute atomic E-state index is 13.0. The number of rotatable bonds is 6. The fourth-order valence-corrected chi connectivity index (χ4v) is 2.91. The van der Waals surface area contributed by atoms with Gasteiger partial charge < -0.3 is 24.5 Å². The molecular formula is C21H22FIN4O3. The zero-order chi connectivity index (χ0) is 20.1. The Morgan fingerprint density at radius 2 is 1.90 bits per heavy atom. The second-order valence-corrected chi connectivity index (χ2v) is 6.44. The van der Waals surface area contributed by atoms with Crippen molar-refractivity contribution in [1.82, 2.24) is 15.6 Å². The molecule has 1 aliphatic heterocycles. The van der Waals surface area contributed by atoms with Gasteiger partial charge in [0.2, 0.25) is 12.7 Å². The Bertz CT molecular complexity index is 1010. The smallest absolute Gasteiger partial charge is 0.231 e. The van der Waals surface area contributed by atoms with Crippen LogP contribution in [0.2, 0.25) is 0 Å². The van der Waals surface area contributed by atoms with Crippen molar-refractivity contribution in [3.05, 3.63) is 65.8 Å². The normalized spacial score (nSPS) is 12.4. The number of benzene rings is 2. The average molecular weight is 524 g/mol. The molecule has 0 saturated heterocycles. The summed E-state index contributed by atoms with van der Waals surface area (Å²) < 4.78 is 29.2. The highest BCUT2D eigenvalue weighted by atomic mass is 127. The molecule has 2 N–H and O–H groups in total. The maximum atomic E-state index is 13.0. The highest BCUT2D eigenvalue weighted by Gasteiger charge is 2.13. The third-order valence-electron chi connectivity index (χ3n) is 4.44. The Kier molecular flexibility index (Phi) is 7.50. The van der Waals surface area contributed by atoms with Crippen LogP contribution in [0.3, 0.4) is 0 Å². The lowest BCUT2D eigenvalue weighted by molar-refractivity contribution is 0.174. The van der Waals surface area contributed by atoms with Gasteiger partial charge in [-0.05, 0) is 42.0 Å². The number of oxazole rings is 1. The van der Waals surface area contributed by atoms with Crippen LogP contribution < -0.4 is 20.1 Å². The molecule has 0 aliphatic carbocycles. The van der Waals surface area contributed by atoms with Crippen LogP contribution in [0.25, 0.3) is 11.5 Å². The van der Waals surface area contributed by atoms with Gasteiger partial charge in [0.1, 0.15) is 12.1 Å². The predicted octanol–water partition coefficient (Wildman–Crippen LogP) is 3.74. The topological polar surface area (TPSA) is 80.9 Å². The molecule has 0 amide bonds. The van der Waals surface area contributed by atoms with Crippen LogP contribution in [0.4, 0.5) is 4.39 Å². The molecule has 0 atom stereocenters. The second-order valence-electron chi connectivity index (χ2n) is 6.44. The van der Waals surface area contributed by atoms with E-state index >= 15 is 0 Å². The van der Waals surface area contributed by atoms with Gasteiger partial charge in [0.25, 0.3) is 0 Å². The third-order valence-corrected chi connectivity index (χ3v) is 4.44. The zero-order valence-electron chi connectivity index (χ0n) is 16.4. The first-order valence-electron chi connectivity index (χ1n) is 9.24. The van der Waals surface area contributed by atoms with Gasteiger partial charge >= 0.3 is 0 Å². The molecule has 4 rings (SSSR count). The molecule has 0 radical (unpaired) electrons. The van der Waals surface area contributed by atoms with Crippen molar-refractivity contribution >= 4 is 29.9 Å². The van der Waals surface area contributed by atoms with E-state index in [-0.39, 0.29) is 36.6 Å². The number of ether oxygens (including phenoxy) is 2. The standard InChI is InChI=1S/C21H21FN4O3.HI/c1-23-21(25-11-14-2-7-18-19(10-14)29-13-28-18)24-9-8-17-12-27-20(26-17)15-3-5-16(22)6-4-15;/h2-7,10,12H,8-9,11,13H2,1H3,(H2,23,24,25);1H.